The van der Waals surface area contributed by atoms with Gasteiger partial charge in [0.15, 0.2) is 0 Å². The SMILES string of the molecule is CC1=C[N+](C)(Cc2ccc3ncccc3c2Cl)C=C1S(=O)(=O)c1ccccc1. The van der Waals surface area contributed by atoms with Crippen LogP contribution in [0.5, 0.6) is 0 Å². The van der Waals surface area contributed by atoms with E-state index in [-0.39, 0.29) is 0 Å². The molecule has 0 saturated heterocycles. The van der Waals surface area contributed by atoms with Crippen LogP contribution in [0.15, 0.2) is 88.6 Å². The number of quaternary nitrogens is 1. The largest absolute Gasteiger partial charge is 0.268 e. The van der Waals surface area contributed by atoms with Crippen LogP contribution in [0, 0.1) is 0 Å². The first-order valence-corrected chi connectivity index (χ1v) is 10.8. The van der Waals surface area contributed by atoms with Crippen LogP contribution in [-0.2, 0) is 16.4 Å². The zero-order valence-corrected chi connectivity index (χ0v) is 17.2. The lowest BCUT2D eigenvalue weighted by Crippen LogP contribution is -2.29. The summed E-state index contributed by atoms with van der Waals surface area (Å²) in [5.74, 6) is 0. The summed E-state index contributed by atoms with van der Waals surface area (Å²) in [6.45, 7) is 2.39. The molecule has 4 nitrogen and oxygen atoms in total. The highest BCUT2D eigenvalue weighted by atomic mass is 35.5. The van der Waals surface area contributed by atoms with Gasteiger partial charge in [-0.3, -0.25) is 9.47 Å². The van der Waals surface area contributed by atoms with E-state index in [0.29, 0.717) is 25.9 Å². The predicted octanol–water partition coefficient (Wildman–Crippen LogP) is 5.07. The van der Waals surface area contributed by atoms with Gasteiger partial charge in [0.25, 0.3) is 0 Å². The fourth-order valence-corrected chi connectivity index (χ4v) is 5.57. The first kappa shape index (κ1) is 18.9. The van der Waals surface area contributed by atoms with Gasteiger partial charge in [-0.25, -0.2) is 8.42 Å². The molecule has 6 heteroatoms. The van der Waals surface area contributed by atoms with E-state index in [1.54, 1.807) is 36.7 Å². The molecule has 1 aliphatic heterocycles. The molecule has 0 spiro atoms. The molecule has 1 aliphatic rings. The number of sulfone groups is 1. The minimum Gasteiger partial charge on any atom is -0.268 e. The summed E-state index contributed by atoms with van der Waals surface area (Å²) in [5, 5.41) is 1.55. The van der Waals surface area contributed by atoms with E-state index in [1.165, 1.54) is 0 Å². The highest BCUT2D eigenvalue weighted by Gasteiger charge is 2.35. The van der Waals surface area contributed by atoms with Crippen LogP contribution in [0.1, 0.15) is 12.5 Å². The molecule has 0 radical (unpaired) electrons. The maximum atomic E-state index is 13.1. The molecule has 2 heterocycles. The third-order valence-corrected chi connectivity index (χ3v) is 7.29. The molecule has 0 fully saturated rings. The van der Waals surface area contributed by atoms with Crippen molar-refractivity contribution in [3.63, 3.8) is 0 Å². The van der Waals surface area contributed by atoms with E-state index in [4.69, 9.17) is 11.6 Å². The minimum atomic E-state index is -3.56. The van der Waals surface area contributed by atoms with E-state index in [1.807, 2.05) is 50.5 Å². The van der Waals surface area contributed by atoms with Gasteiger partial charge in [-0.15, -0.1) is 0 Å². The van der Waals surface area contributed by atoms with E-state index in [9.17, 15) is 8.42 Å². The molecule has 0 aliphatic carbocycles. The van der Waals surface area contributed by atoms with Crippen molar-refractivity contribution in [1.29, 1.82) is 0 Å². The minimum absolute atomic E-state index is 0.303. The first-order chi connectivity index (χ1) is 13.3. The maximum absolute atomic E-state index is 13.1. The Morgan fingerprint density at radius 2 is 1.75 bits per heavy atom. The molecule has 0 N–H and O–H groups in total. The van der Waals surface area contributed by atoms with Crippen molar-refractivity contribution in [2.24, 2.45) is 0 Å². The lowest BCUT2D eigenvalue weighted by atomic mass is 10.1. The quantitative estimate of drug-likeness (QED) is 0.563. The highest BCUT2D eigenvalue weighted by Crippen LogP contribution is 2.36. The molecule has 0 bridgehead atoms. The van der Waals surface area contributed by atoms with Crippen LogP contribution in [0.4, 0.5) is 0 Å². The van der Waals surface area contributed by atoms with Crippen molar-refractivity contribution < 1.29 is 12.9 Å². The van der Waals surface area contributed by atoms with Crippen LogP contribution < -0.4 is 0 Å². The average molecular weight is 412 g/mol. The second-order valence-electron chi connectivity index (χ2n) is 7.24. The third kappa shape index (κ3) is 3.26. The topological polar surface area (TPSA) is 47.0 Å². The summed E-state index contributed by atoms with van der Waals surface area (Å²) < 4.78 is 26.5. The standard InChI is InChI=1S/C22H20ClN2O2S/c1-16-13-25(2,15-21(16)28(26,27)18-7-4-3-5-8-18)14-17-10-11-20-19(22(17)23)9-6-12-24-20/h3-13,15H,14H2,1-2H3/q+1. The van der Waals surface area contributed by atoms with Gasteiger partial charge >= 0.3 is 0 Å². The predicted molar refractivity (Wildman–Crippen MR) is 112 cm³/mol. The normalized spacial score (nSPS) is 19.5. The average Bonchev–Trinajstić information content (AvgIpc) is 3.00. The van der Waals surface area contributed by atoms with Gasteiger partial charge in [-0.2, -0.15) is 0 Å². The zero-order valence-electron chi connectivity index (χ0n) is 15.6. The zero-order chi connectivity index (χ0) is 19.9. The Hall–Kier alpha value is -2.47. The van der Waals surface area contributed by atoms with Gasteiger partial charge in [-0.05, 0) is 43.3 Å². The Labute approximate surface area is 169 Å². The summed E-state index contributed by atoms with van der Waals surface area (Å²) >= 11 is 6.63. The highest BCUT2D eigenvalue weighted by molar-refractivity contribution is 7.95. The molecular formula is C22H20ClN2O2S+. The van der Waals surface area contributed by atoms with Crippen LogP contribution in [0.25, 0.3) is 10.9 Å². The third-order valence-electron chi connectivity index (χ3n) is 4.94. The fraction of sp³-hybridized carbons (Fsp3) is 0.136. The summed E-state index contributed by atoms with van der Waals surface area (Å²) in [6.07, 6.45) is 5.49. The van der Waals surface area contributed by atoms with Gasteiger partial charge in [0, 0.05) is 22.7 Å². The molecule has 2 aromatic carbocycles. The van der Waals surface area contributed by atoms with Gasteiger partial charge < -0.3 is 0 Å². The number of fused-ring (bicyclic) bond motifs is 1. The number of hydrogen-bond acceptors (Lipinski definition) is 3. The van der Waals surface area contributed by atoms with Gasteiger partial charge in [-0.1, -0.05) is 29.8 Å². The molecule has 0 saturated carbocycles. The molecule has 142 valence electrons. The smallest absolute Gasteiger partial charge is 0.212 e. The lowest BCUT2D eigenvalue weighted by Gasteiger charge is -2.24. The summed E-state index contributed by atoms with van der Waals surface area (Å²) in [4.78, 5) is 4.98. The number of hydrogen-bond donors (Lipinski definition) is 0. The second kappa shape index (κ2) is 6.85. The van der Waals surface area contributed by atoms with Gasteiger partial charge in [0.1, 0.15) is 23.8 Å². The van der Waals surface area contributed by atoms with Crippen LogP contribution in [0.2, 0.25) is 5.02 Å². The first-order valence-electron chi connectivity index (χ1n) is 8.90. The van der Waals surface area contributed by atoms with Crippen LogP contribution >= 0.6 is 11.6 Å². The van der Waals surface area contributed by atoms with Crippen molar-refractivity contribution in [2.45, 2.75) is 18.4 Å². The Balaban J connectivity index is 1.73. The molecule has 3 aromatic rings. The van der Waals surface area contributed by atoms with Crippen LogP contribution in [0.3, 0.4) is 0 Å². The summed E-state index contributed by atoms with van der Waals surface area (Å²) in [6, 6.07) is 16.2. The molecule has 1 unspecified atom stereocenters. The number of allylic oxidation sites excluding steroid dienone is 1. The van der Waals surface area contributed by atoms with E-state index >= 15 is 0 Å². The Bertz CT molecular complexity index is 1230. The summed E-state index contributed by atoms with van der Waals surface area (Å²) in [7, 11) is -1.59. The molecule has 1 atom stereocenters. The molecule has 28 heavy (non-hydrogen) atoms. The van der Waals surface area contributed by atoms with Crippen LogP contribution in [-0.4, -0.2) is 24.9 Å². The fourth-order valence-electron chi connectivity index (χ4n) is 3.66. The molecular weight excluding hydrogens is 392 g/mol. The van der Waals surface area contributed by atoms with Crippen molar-refractivity contribution in [3.8, 4) is 0 Å². The van der Waals surface area contributed by atoms with E-state index in [2.05, 4.69) is 4.98 Å². The van der Waals surface area contributed by atoms with Crippen molar-refractivity contribution >= 4 is 32.3 Å². The number of aromatic nitrogens is 1. The van der Waals surface area contributed by atoms with Crippen molar-refractivity contribution in [2.75, 3.05) is 7.05 Å². The van der Waals surface area contributed by atoms with Crippen molar-refractivity contribution in [3.05, 3.63) is 94.3 Å². The maximum Gasteiger partial charge on any atom is 0.212 e. The number of pyridine rings is 1. The van der Waals surface area contributed by atoms with Gasteiger partial charge in [0.2, 0.25) is 9.84 Å². The molecule has 0 amide bonds. The van der Waals surface area contributed by atoms with E-state index < -0.39 is 9.84 Å². The van der Waals surface area contributed by atoms with Gasteiger partial charge in [0.05, 0.1) is 22.5 Å². The number of rotatable bonds is 4. The summed E-state index contributed by atoms with van der Waals surface area (Å²) in [5.41, 5.74) is 2.53. The monoisotopic (exact) mass is 411 g/mol. The number of halogens is 1. The number of nitrogens with zero attached hydrogens (tertiary/aromatic N) is 2. The Kier molecular flexibility index (Phi) is 4.62. The molecule has 4 rings (SSSR count). The second-order valence-corrected chi connectivity index (χ2v) is 9.53. The lowest BCUT2D eigenvalue weighted by molar-refractivity contribution is -0.818. The number of benzene rings is 2. The Morgan fingerprint density at radius 3 is 2.50 bits per heavy atom. The Morgan fingerprint density at radius 1 is 1.00 bits per heavy atom. The van der Waals surface area contributed by atoms with E-state index in [0.717, 1.165) is 22.0 Å². The molecule has 1 aromatic heterocycles. The van der Waals surface area contributed by atoms with Crippen molar-refractivity contribution in [1.82, 2.24) is 4.98 Å².